The van der Waals surface area contributed by atoms with Crippen LogP contribution in [-0.4, -0.2) is 78.6 Å². The van der Waals surface area contributed by atoms with Crippen molar-refractivity contribution in [2.45, 2.75) is 50.0 Å². The van der Waals surface area contributed by atoms with E-state index in [1.807, 2.05) is 0 Å². The van der Waals surface area contributed by atoms with Gasteiger partial charge in [0.15, 0.2) is 0 Å². The maximum atomic E-state index is 10.4. The Kier molecular flexibility index (Phi) is 7.49. The van der Waals surface area contributed by atoms with Gasteiger partial charge in [-0.15, -0.1) is 12.4 Å². The zero-order valence-electron chi connectivity index (χ0n) is 18.6. The number of ether oxygens (including phenoxy) is 1. The molecule has 31 heavy (non-hydrogen) atoms. The Morgan fingerprint density at radius 1 is 0.903 bits per heavy atom. The number of aliphatic hydroxyl groups is 2. The molecule has 5 aliphatic rings. The highest BCUT2D eigenvalue weighted by atomic mass is 35.5. The van der Waals surface area contributed by atoms with Gasteiger partial charge in [0.2, 0.25) is 0 Å². The van der Waals surface area contributed by atoms with Crippen molar-refractivity contribution in [1.29, 1.82) is 0 Å². The summed E-state index contributed by atoms with van der Waals surface area (Å²) >= 11 is 0. The minimum absolute atomic E-state index is 0. The molecule has 5 fully saturated rings. The van der Waals surface area contributed by atoms with Gasteiger partial charge >= 0.3 is 0 Å². The molecule has 6 heteroatoms. The van der Waals surface area contributed by atoms with Crippen LogP contribution in [0, 0.1) is 17.8 Å². The van der Waals surface area contributed by atoms with E-state index >= 15 is 0 Å². The average molecular weight is 451 g/mol. The Morgan fingerprint density at radius 3 is 2.00 bits per heavy atom. The molecule has 4 bridgehead atoms. The van der Waals surface area contributed by atoms with E-state index in [1.54, 1.807) is 0 Å². The Balaban J connectivity index is 0.00000231. The SMILES string of the molecule is Cl.OCCN1CCN(CC(O)COc2ccc(C34CC5CC(CC(C5)C3)C4)cc2)CC1. The summed E-state index contributed by atoms with van der Waals surface area (Å²) in [6, 6.07) is 8.84. The molecule has 1 aromatic rings. The van der Waals surface area contributed by atoms with E-state index in [0.29, 0.717) is 18.6 Å². The number of rotatable bonds is 8. The summed E-state index contributed by atoms with van der Waals surface area (Å²) < 4.78 is 5.92. The van der Waals surface area contributed by atoms with E-state index < -0.39 is 6.10 Å². The summed E-state index contributed by atoms with van der Waals surface area (Å²) in [6.07, 6.45) is 8.15. The van der Waals surface area contributed by atoms with Crippen molar-refractivity contribution in [3.05, 3.63) is 29.8 Å². The highest BCUT2D eigenvalue weighted by Crippen LogP contribution is 2.60. The molecule has 4 aliphatic carbocycles. The Hall–Kier alpha value is -0.850. The van der Waals surface area contributed by atoms with Gasteiger partial charge in [-0.25, -0.2) is 0 Å². The number of piperazine rings is 1. The van der Waals surface area contributed by atoms with Gasteiger partial charge in [-0.3, -0.25) is 9.80 Å². The van der Waals surface area contributed by atoms with Crippen molar-refractivity contribution in [1.82, 2.24) is 9.80 Å². The minimum atomic E-state index is -0.475. The molecule has 1 saturated heterocycles. The van der Waals surface area contributed by atoms with Gasteiger partial charge < -0.3 is 14.9 Å². The monoisotopic (exact) mass is 450 g/mol. The lowest BCUT2D eigenvalue weighted by Crippen LogP contribution is -2.49. The van der Waals surface area contributed by atoms with Crippen LogP contribution in [0.2, 0.25) is 0 Å². The first-order chi connectivity index (χ1) is 14.6. The zero-order valence-corrected chi connectivity index (χ0v) is 19.4. The van der Waals surface area contributed by atoms with Gasteiger partial charge in [-0.2, -0.15) is 0 Å². The fourth-order valence-corrected chi connectivity index (χ4v) is 7.25. The van der Waals surface area contributed by atoms with Crippen LogP contribution in [0.4, 0.5) is 0 Å². The van der Waals surface area contributed by atoms with Crippen molar-refractivity contribution >= 4 is 12.4 Å². The molecule has 5 nitrogen and oxygen atoms in total. The third-order valence-electron chi connectivity index (χ3n) is 8.30. The van der Waals surface area contributed by atoms with Crippen LogP contribution in [0.25, 0.3) is 0 Å². The van der Waals surface area contributed by atoms with Crippen molar-refractivity contribution in [2.24, 2.45) is 17.8 Å². The fourth-order valence-electron chi connectivity index (χ4n) is 7.25. The lowest BCUT2D eigenvalue weighted by molar-refractivity contribution is -0.00522. The number of hydrogen-bond donors (Lipinski definition) is 2. The van der Waals surface area contributed by atoms with E-state index in [-0.39, 0.29) is 19.0 Å². The van der Waals surface area contributed by atoms with E-state index in [1.165, 1.54) is 44.1 Å². The summed E-state index contributed by atoms with van der Waals surface area (Å²) in [7, 11) is 0. The van der Waals surface area contributed by atoms with E-state index in [0.717, 1.165) is 56.2 Å². The Morgan fingerprint density at radius 2 is 1.45 bits per heavy atom. The molecule has 2 N–H and O–H groups in total. The summed E-state index contributed by atoms with van der Waals surface area (Å²) in [5.41, 5.74) is 1.96. The minimum Gasteiger partial charge on any atom is -0.491 e. The van der Waals surface area contributed by atoms with Crippen molar-refractivity contribution in [3.8, 4) is 5.75 Å². The molecule has 1 aromatic carbocycles. The van der Waals surface area contributed by atoms with Crippen LogP contribution < -0.4 is 4.74 Å². The Labute approximate surface area is 193 Å². The van der Waals surface area contributed by atoms with E-state index in [2.05, 4.69) is 34.1 Å². The first-order valence-corrected chi connectivity index (χ1v) is 12.1. The first-order valence-electron chi connectivity index (χ1n) is 12.1. The molecule has 0 aromatic heterocycles. The number of halogens is 1. The maximum absolute atomic E-state index is 10.4. The van der Waals surface area contributed by atoms with E-state index in [9.17, 15) is 5.11 Å². The van der Waals surface area contributed by atoms with Gasteiger partial charge in [0.1, 0.15) is 18.5 Å². The molecule has 1 unspecified atom stereocenters. The number of hydrogen-bond acceptors (Lipinski definition) is 5. The number of aliphatic hydroxyl groups excluding tert-OH is 2. The normalized spacial score (nSPS) is 33.8. The molecule has 174 valence electrons. The summed E-state index contributed by atoms with van der Waals surface area (Å²) in [4.78, 5) is 4.56. The fraction of sp³-hybridized carbons (Fsp3) is 0.760. The molecular weight excluding hydrogens is 412 g/mol. The molecule has 6 rings (SSSR count). The van der Waals surface area contributed by atoms with Crippen LogP contribution in [0.1, 0.15) is 44.1 Å². The van der Waals surface area contributed by atoms with Gasteiger partial charge in [0.05, 0.1) is 6.61 Å². The molecule has 0 amide bonds. The van der Waals surface area contributed by atoms with Crippen LogP contribution in [0.15, 0.2) is 24.3 Å². The van der Waals surface area contributed by atoms with Crippen molar-refractivity contribution < 1.29 is 14.9 Å². The van der Waals surface area contributed by atoms with Gasteiger partial charge in [-0.1, -0.05) is 12.1 Å². The number of β-amino-alcohol motifs (C(OH)–C–C–N with tert-alkyl or cyclic N) is 2. The maximum Gasteiger partial charge on any atom is 0.119 e. The summed E-state index contributed by atoms with van der Waals surface area (Å²) in [5, 5.41) is 19.5. The molecule has 1 atom stereocenters. The largest absolute Gasteiger partial charge is 0.491 e. The molecule has 1 heterocycles. The standard InChI is InChI=1S/C25H38N2O3.ClH/c28-10-9-26-5-7-27(8-6-26)17-23(29)18-30-24-3-1-22(2-4-24)25-14-19-11-20(15-25)13-21(12-19)16-25;/h1-4,19-21,23,28-29H,5-18H2;1H. The third kappa shape index (κ3) is 5.22. The Bertz CT molecular complexity index is 670. The highest BCUT2D eigenvalue weighted by molar-refractivity contribution is 5.85. The third-order valence-corrected chi connectivity index (χ3v) is 8.30. The average Bonchev–Trinajstić information content (AvgIpc) is 2.73. The van der Waals surface area contributed by atoms with Crippen molar-refractivity contribution in [3.63, 3.8) is 0 Å². The molecular formula is C25H39ClN2O3. The quantitative estimate of drug-likeness (QED) is 0.637. The predicted molar refractivity (Wildman–Crippen MR) is 125 cm³/mol. The van der Waals surface area contributed by atoms with Crippen LogP contribution >= 0.6 is 12.4 Å². The van der Waals surface area contributed by atoms with Crippen molar-refractivity contribution in [2.75, 3.05) is 52.5 Å². The van der Waals surface area contributed by atoms with Crippen LogP contribution in [-0.2, 0) is 5.41 Å². The smallest absolute Gasteiger partial charge is 0.119 e. The molecule has 1 aliphatic heterocycles. The van der Waals surface area contributed by atoms with Crippen LogP contribution in [0.3, 0.4) is 0 Å². The second kappa shape index (κ2) is 9.96. The van der Waals surface area contributed by atoms with Gasteiger partial charge in [0.25, 0.3) is 0 Å². The topological polar surface area (TPSA) is 56.2 Å². The van der Waals surface area contributed by atoms with Crippen LogP contribution in [0.5, 0.6) is 5.75 Å². The summed E-state index contributed by atoms with van der Waals surface area (Å²) in [5.74, 6) is 3.77. The highest BCUT2D eigenvalue weighted by Gasteiger charge is 2.51. The lowest BCUT2D eigenvalue weighted by atomic mass is 9.48. The van der Waals surface area contributed by atoms with E-state index in [4.69, 9.17) is 9.84 Å². The number of benzene rings is 1. The lowest BCUT2D eigenvalue weighted by Gasteiger charge is -2.57. The van der Waals surface area contributed by atoms with Gasteiger partial charge in [0, 0.05) is 39.3 Å². The molecule has 0 radical (unpaired) electrons. The molecule has 0 spiro atoms. The summed E-state index contributed by atoms with van der Waals surface area (Å²) in [6.45, 7) is 5.76. The number of nitrogens with zero attached hydrogens (tertiary/aromatic N) is 2. The molecule has 4 saturated carbocycles. The second-order valence-electron chi connectivity index (χ2n) is 10.6. The first kappa shape index (κ1) is 23.3. The second-order valence-corrected chi connectivity index (χ2v) is 10.6. The van der Waals surface area contributed by atoms with Gasteiger partial charge in [-0.05, 0) is 79.4 Å². The zero-order chi connectivity index (χ0) is 20.6. The predicted octanol–water partition coefficient (Wildman–Crippen LogP) is 2.93.